The molecule has 0 saturated heterocycles. The highest BCUT2D eigenvalue weighted by Gasteiger charge is 2.19. The third-order valence-electron chi connectivity index (χ3n) is 3.68. The van der Waals surface area contributed by atoms with Crippen LogP contribution >= 0.6 is 0 Å². The van der Waals surface area contributed by atoms with Crippen molar-refractivity contribution in [1.29, 1.82) is 0 Å². The molecule has 0 radical (unpaired) electrons. The van der Waals surface area contributed by atoms with Crippen LogP contribution in [0.2, 0.25) is 0 Å². The molecule has 0 aliphatic heterocycles. The van der Waals surface area contributed by atoms with Crippen LogP contribution in [0.3, 0.4) is 0 Å². The molecule has 0 saturated carbocycles. The van der Waals surface area contributed by atoms with Gasteiger partial charge in [-0.05, 0) is 35.9 Å². The van der Waals surface area contributed by atoms with Gasteiger partial charge in [-0.25, -0.2) is 13.6 Å². The Hall–Kier alpha value is -3.34. The number of esters is 1. The fourth-order valence-electron chi connectivity index (χ4n) is 2.43. The number of carbonyl (C=O) groups is 1. The summed E-state index contributed by atoms with van der Waals surface area (Å²) in [7, 11) is 0. The minimum atomic E-state index is -0.751. The van der Waals surface area contributed by atoms with Crippen LogP contribution in [-0.4, -0.2) is 11.0 Å². The van der Waals surface area contributed by atoms with Crippen LogP contribution in [0.5, 0.6) is 0 Å². The van der Waals surface area contributed by atoms with Crippen LogP contribution in [0.15, 0.2) is 79.0 Å². The third kappa shape index (κ3) is 4.19. The van der Waals surface area contributed by atoms with Crippen molar-refractivity contribution in [2.45, 2.75) is 6.10 Å². The summed E-state index contributed by atoms with van der Waals surface area (Å²) >= 11 is 0. The normalized spacial score (nSPS) is 12.1. The molecule has 3 rings (SSSR count). The molecule has 0 aliphatic carbocycles. The summed E-state index contributed by atoms with van der Waals surface area (Å²) in [5.74, 6) is -2.23. The highest BCUT2D eigenvalue weighted by molar-refractivity contribution is 5.87. The first-order valence-corrected chi connectivity index (χ1v) is 7.94. The summed E-state index contributed by atoms with van der Waals surface area (Å²) < 4.78 is 32.8. The van der Waals surface area contributed by atoms with E-state index >= 15 is 0 Å². The summed E-state index contributed by atoms with van der Waals surface area (Å²) in [6.07, 6.45) is 2.94. The van der Waals surface area contributed by atoms with Gasteiger partial charge in [-0.1, -0.05) is 42.5 Å². The molecule has 0 spiro atoms. The van der Waals surface area contributed by atoms with E-state index in [0.29, 0.717) is 5.69 Å². The van der Waals surface area contributed by atoms with Crippen LogP contribution in [0.1, 0.15) is 22.9 Å². The number of nitrogens with zero attached hydrogens (tertiary/aromatic N) is 1. The maximum absolute atomic E-state index is 13.6. The van der Waals surface area contributed by atoms with E-state index in [9.17, 15) is 13.6 Å². The van der Waals surface area contributed by atoms with Gasteiger partial charge >= 0.3 is 5.97 Å². The molecule has 5 heteroatoms. The zero-order valence-corrected chi connectivity index (χ0v) is 13.7. The Morgan fingerprint density at radius 3 is 2.27 bits per heavy atom. The van der Waals surface area contributed by atoms with E-state index in [2.05, 4.69) is 4.98 Å². The predicted octanol–water partition coefficient (Wildman–Crippen LogP) is 4.71. The van der Waals surface area contributed by atoms with E-state index in [0.717, 1.165) is 29.8 Å². The number of hydrogen-bond acceptors (Lipinski definition) is 3. The molecule has 1 atom stereocenters. The zero-order chi connectivity index (χ0) is 18.4. The molecular weight excluding hydrogens is 336 g/mol. The number of carbonyl (C=O) groups excluding carboxylic acids is 1. The van der Waals surface area contributed by atoms with Gasteiger partial charge in [0.25, 0.3) is 0 Å². The van der Waals surface area contributed by atoms with Gasteiger partial charge in [0, 0.05) is 17.8 Å². The minimum absolute atomic E-state index is 0.293. The van der Waals surface area contributed by atoms with Gasteiger partial charge in [0.05, 0.1) is 5.69 Å². The fraction of sp³-hybridized carbons (Fsp3) is 0.0476. The fourth-order valence-corrected chi connectivity index (χ4v) is 2.43. The summed E-state index contributed by atoms with van der Waals surface area (Å²) in [6.45, 7) is 0. The van der Waals surface area contributed by atoms with Crippen molar-refractivity contribution in [3.8, 4) is 0 Å². The Balaban J connectivity index is 1.83. The highest BCUT2D eigenvalue weighted by atomic mass is 19.1. The first-order valence-electron chi connectivity index (χ1n) is 7.94. The van der Waals surface area contributed by atoms with Crippen molar-refractivity contribution in [2.75, 3.05) is 0 Å². The van der Waals surface area contributed by atoms with Crippen molar-refractivity contribution >= 4 is 12.0 Å². The van der Waals surface area contributed by atoms with Crippen LogP contribution in [0.4, 0.5) is 8.78 Å². The zero-order valence-electron chi connectivity index (χ0n) is 13.7. The standard InChI is InChI=1S/C21H15F2NO2/c22-17-9-6-10-18(23)16(17)12-13-20(25)26-21(15-7-2-1-3-8-15)19-11-4-5-14-24-19/h1-14,21H/b13-12+/t21-/m0/s1. The van der Waals surface area contributed by atoms with Gasteiger partial charge in [0.1, 0.15) is 11.6 Å². The smallest absolute Gasteiger partial charge is 0.331 e. The highest BCUT2D eigenvalue weighted by Crippen LogP contribution is 2.24. The number of pyridine rings is 1. The lowest BCUT2D eigenvalue weighted by Crippen LogP contribution is -2.12. The van der Waals surface area contributed by atoms with Gasteiger partial charge in [0.2, 0.25) is 0 Å². The Morgan fingerprint density at radius 2 is 1.62 bits per heavy atom. The maximum atomic E-state index is 13.6. The van der Waals surface area contributed by atoms with Gasteiger partial charge in [-0.3, -0.25) is 4.98 Å². The number of aromatic nitrogens is 1. The van der Waals surface area contributed by atoms with Gasteiger partial charge in [-0.15, -0.1) is 0 Å². The molecule has 3 nitrogen and oxygen atoms in total. The van der Waals surface area contributed by atoms with Crippen LogP contribution in [0, 0.1) is 11.6 Å². The van der Waals surface area contributed by atoms with E-state index in [4.69, 9.17) is 4.74 Å². The summed E-state index contributed by atoms with van der Waals surface area (Å²) in [5.41, 5.74) is 1.00. The van der Waals surface area contributed by atoms with Crippen LogP contribution < -0.4 is 0 Å². The lowest BCUT2D eigenvalue weighted by atomic mass is 10.1. The second kappa shape index (κ2) is 8.16. The summed E-state index contributed by atoms with van der Waals surface area (Å²) in [4.78, 5) is 16.4. The van der Waals surface area contributed by atoms with Crippen molar-refractivity contribution in [3.63, 3.8) is 0 Å². The topological polar surface area (TPSA) is 39.2 Å². The molecule has 0 fully saturated rings. The van der Waals surface area contributed by atoms with Crippen molar-refractivity contribution in [2.24, 2.45) is 0 Å². The van der Waals surface area contributed by atoms with Gasteiger partial charge in [0.15, 0.2) is 6.10 Å². The quantitative estimate of drug-likeness (QED) is 0.494. The molecule has 2 aromatic carbocycles. The summed E-state index contributed by atoms with van der Waals surface area (Å²) in [6, 6.07) is 17.9. The maximum Gasteiger partial charge on any atom is 0.331 e. The largest absolute Gasteiger partial charge is 0.448 e. The average Bonchev–Trinajstić information content (AvgIpc) is 2.67. The van der Waals surface area contributed by atoms with Crippen molar-refractivity contribution < 1.29 is 18.3 Å². The van der Waals surface area contributed by atoms with Crippen molar-refractivity contribution in [3.05, 3.63) is 107 Å². The van der Waals surface area contributed by atoms with Crippen LogP contribution in [-0.2, 0) is 9.53 Å². The number of ether oxygens (including phenoxy) is 1. The van der Waals surface area contributed by atoms with Crippen LogP contribution in [0.25, 0.3) is 6.08 Å². The molecule has 0 aliphatic rings. The first kappa shape index (κ1) is 17.5. The second-order valence-corrected chi connectivity index (χ2v) is 5.45. The van der Waals surface area contributed by atoms with E-state index in [1.807, 2.05) is 30.3 Å². The van der Waals surface area contributed by atoms with E-state index in [1.54, 1.807) is 24.4 Å². The Labute approximate surface area is 149 Å². The molecular formula is C21H15F2NO2. The molecule has 3 aromatic rings. The second-order valence-electron chi connectivity index (χ2n) is 5.45. The average molecular weight is 351 g/mol. The molecule has 26 heavy (non-hydrogen) atoms. The van der Waals surface area contributed by atoms with E-state index < -0.39 is 23.7 Å². The SMILES string of the molecule is O=C(/C=C/c1c(F)cccc1F)O[C@@H](c1ccccc1)c1ccccn1. The van der Waals surface area contributed by atoms with E-state index in [1.165, 1.54) is 6.07 Å². The number of hydrogen-bond donors (Lipinski definition) is 0. The van der Waals surface area contributed by atoms with E-state index in [-0.39, 0.29) is 5.56 Å². The monoisotopic (exact) mass is 351 g/mol. The number of halogens is 2. The number of rotatable bonds is 5. The summed E-state index contributed by atoms with van der Waals surface area (Å²) in [5, 5.41) is 0. The molecule has 0 N–H and O–H groups in total. The predicted molar refractivity (Wildman–Crippen MR) is 94.0 cm³/mol. The lowest BCUT2D eigenvalue weighted by Gasteiger charge is -2.17. The lowest BCUT2D eigenvalue weighted by molar-refractivity contribution is -0.141. The molecule has 0 bridgehead atoms. The molecule has 130 valence electrons. The van der Waals surface area contributed by atoms with Gasteiger partial charge < -0.3 is 4.74 Å². The Kier molecular flexibility index (Phi) is 5.49. The molecule has 1 heterocycles. The molecule has 0 unspecified atom stereocenters. The molecule has 0 amide bonds. The Bertz CT molecular complexity index is 852. The van der Waals surface area contributed by atoms with Crippen molar-refractivity contribution in [1.82, 2.24) is 4.98 Å². The Morgan fingerprint density at radius 1 is 0.923 bits per heavy atom. The van der Waals surface area contributed by atoms with Gasteiger partial charge in [-0.2, -0.15) is 0 Å². The minimum Gasteiger partial charge on any atom is -0.448 e. The number of benzene rings is 2. The first-order chi connectivity index (χ1) is 12.6. The molecule has 1 aromatic heterocycles. The third-order valence-corrected chi connectivity index (χ3v) is 3.68.